The predicted octanol–water partition coefficient (Wildman–Crippen LogP) is 5.19. The molecule has 0 atom stereocenters. The molecule has 5 rings (SSSR count). The standard InChI is InChI=1S/C28H25N3O3/c1-30-26(20-9-14-23(33-3)15-10-20)27(31(2)28(30)32)21-11-16-24(17-12-21)34-18-22-13-8-19-6-4-5-7-25(19)29-22/h4-17H,18H2,1-3H3. The number of hydrogen-bond acceptors (Lipinski definition) is 4. The molecule has 170 valence electrons. The molecule has 0 saturated carbocycles. The molecule has 0 aliphatic rings. The third kappa shape index (κ3) is 3.94. The molecule has 0 saturated heterocycles. The fraction of sp³-hybridized carbons (Fsp3) is 0.143. The Morgan fingerprint density at radius 2 is 1.32 bits per heavy atom. The van der Waals surface area contributed by atoms with Gasteiger partial charge < -0.3 is 9.47 Å². The first-order valence-electron chi connectivity index (χ1n) is 11.0. The van der Waals surface area contributed by atoms with Crippen LogP contribution in [0.25, 0.3) is 33.4 Å². The minimum Gasteiger partial charge on any atom is -0.497 e. The summed E-state index contributed by atoms with van der Waals surface area (Å²) in [5, 5.41) is 1.11. The lowest BCUT2D eigenvalue weighted by Crippen LogP contribution is -2.20. The molecule has 34 heavy (non-hydrogen) atoms. The van der Waals surface area contributed by atoms with Gasteiger partial charge in [-0.25, -0.2) is 9.78 Å². The summed E-state index contributed by atoms with van der Waals surface area (Å²) in [6.07, 6.45) is 0. The lowest BCUT2D eigenvalue weighted by Gasteiger charge is -2.11. The van der Waals surface area contributed by atoms with E-state index in [0.29, 0.717) is 6.61 Å². The number of methoxy groups -OCH3 is 1. The van der Waals surface area contributed by atoms with Crippen molar-refractivity contribution in [1.29, 1.82) is 0 Å². The summed E-state index contributed by atoms with van der Waals surface area (Å²) in [7, 11) is 5.22. The maximum atomic E-state index is 12.8. The molecule has 0 radical (unpaired) electrons. The van der Waals surface area contributed by atoms with E-state index in [0.717, 1.165) is 50.6 Å². The van der Waals surface area contributed by atoms with Gasteiger partial charge in [0, 0.05) is 30.6 Å². The van der Waals surface area contributed by atoms with E-state index in [9.17, 15) is 4.79 Å². The predicted molar refractivity (Wildman–Crippen MR) is 134 cm³/mol. The Balaban J connectivity index is 1.41. The van der Waals surface area contributed by atoms with Crippen LogP contribution in [0.4, 0.5) is 0 Å². The number of fused-ring (bicyclic) bond motifs is 1. The Morgan fingerprint density at radius 3 is 1.94 bits per heavy atom. The fourth-order valence-electron chi connectivity index (χ4n) is 4.20. The molecule has 6 heteroatoms. The maximum absolute atomic E-state index is 12.8. The molecule has 0 N–H and O–H groups in total. The Hall–Kier alpha value is -4.32. The van der Waals surface area contributed by atoms with E-state index < -0.39 is 0 Å². The summed E-state index contributed by atoms with van der Waals surface area (Å²) >= 11 is 0. The van der Waals surface area contributed by atoms with Crippen molar-refractivity contribution in [2.75, 3.05) is 7.11 Å². The maximum Gasteiger partial charge on any atom is 0.328 e. The zero-order chi connectivity index (χ0) is 23.7. The molecular weight excluding hydrogens is 426 g/mol. The molecule has 0 aliphatic heterocycles. The lowest BCUT2D eigenvalue weighted by molar-refractivity contribution is 0.302. The number of aromatic nitrogens is 3. The number of rotatable bonds is 6. The van der Waals surface area contributed by atoms with Crippen LogP contribution in [0.2, 0.25) is 0 Å². The highest BCUT2D eigenvalue weighted by molar-refractivity contribution is 5.80. The van der Waals surface area contributed by atoms with E-state index in [1.54, 1.807) is 30.3 Å². The molecule has 0 spiro atoms. The zero-order valence-corrected chi connectivity index (χ0v) is 19.4. The molecule has 2 heterocycles. The highest BCUT2D eigenvalue weighted by atomic mass is 16.5. The molecule has 5 aromatic rings. The summed E-state index contributed by atoms with van der Waals surface area (Å²) in [6.45, 7) is 0.380. The van der Waals surface area contributed by atoms with Crippen LogP contribution in [-0.4, -0.2) is 21.2 Å². The Kier molecular flexibility index (Phi) is 5.64. The minimum atomic E-state index is -0.0801. The molecule has 6 nitrogen and oxygen atoms in total. The van der Waals surface area contributed by atoms with Crippen molar-refractivity contribution in [3.05, 3.63) is 101 Å². The van der Waals surface area contributed by atoms with Gasteiger partial charge in [0.2, 0.25) is 0 Å². The highest BCUT2D eigenvalue weighted by Gasteiger charge is 2.19. The van der Waals surface area contributed by atoms with Crippen molar-refractivity contribution < 1.29 is 9.47 Å². The van der Waals surface area contributed by atoms with Crippen LogP contribution in [0.5, 0.6) is 11.5 Å². The van der Waals surface area contributed by atoms with Crippen molar-refractivity contribution in [3.8, 4) is 34.0 Å². The van der Waals surface area contributed by atoms with Crippen LogP contribution in [0.15, 0.2) is 89.7 Å². The molecule has 0 unspecified atom stereocenters. The molecular formula is C28H25N3O3. The van der Waals surface area contributed by atoms with Gasteiger partial charge in [0.25, 0.3) is 0 Å². The first kappa shape index (κ1) is 21.5. The smallest absolute Gasteiger partial charge is 0.328 e. The normalized spacial score (nSPS) is 11.0. The van der Waals surface area contributed by atoms with Crippen LogP contribution in [0.3, 0.4) is 0 Å². The number of nitrogens with zero attached hydrogens (tertiary/aromatic N) is 3. The number of ether oxygens (including phenoxy) is 2. The second kappa shape index (κ2) is 8.90. The van der Waals surface area contributed by atoms with Crippen molar-refractivity contribution in [1.82, 2.24) is 14.1 Å². The summed E-state index contributed by atoms with van der Waals surface area (Å²) in [5.41, 5.74) is 5.32. The van der Waals surface area contributed by atoms with E-state index in [2.05, 4.69) is 11.1 Å². The number of para-hydroxylation sites is 1. The lowest BCUT2D eigenvalue weighted by atomic mass is 10.0. The molecule has 0 amide bonds. The zero-order valence-electron chi connectivity index (χ0n) is 19.4. The first-order valence-corrected chi connectivity index (χ1v) is 11.0. The van der Waals surface area contributed by atoms with Crippen LogP contribution in [0, 0.1) is 0 Å². The summed E-state index contributed by atoms with van der Waals surface area (Å²) in [4.78, 5) is 17.4. The van der Waals surface area contributed by atoms with Crippen molar-refractivity contribution in [2.45, 2.75) is 6.61 Å². The van der Waals surface area contributed by atoms with Crippen LogP contribution < -0.4 is 15.2 Å². The molecule has 0 aliphatic carbocycles. The van der Waals surface area contributed by atoms with E-state index in [1.165, 1.54) is 0 Å². The highest BCUT2D eigenvalue weighted by Crippen LogP contribution is 2.32. The average Bonchev–Trinajstić information content (AvgIpc) is 3.11. The van der Waals surface area contributed by atoms with Gasteiger partial charge in [-0.1, -0.05) is 24.3 Å². The van der Waals surface area contributed by atoms with Gasteiger partial charge in [-0.05, 0) is 60.7 Å². The van der Waals surface area contributed by atoms with Gasteiger partial charge >= 0.3 is 5.69 Å². The number of imidazole rings is 1. The number of benzene rings is 3. The molecule has 3 aromatic carbocycles. The van der Waals surface area contributed by atoms with E-state index in [4.69, 9.17) is 9.47 Å². The molecule has 2 aromatic heterocycles. The quantitative estimate of drug-likeness (QED) is 0.356. The largest absolute Gasteiger partial charge is 0.497 e. The summed E-state index contributed by atoms with van der Waals surface area (Å²) < 4.78 is 14.6. The Labute approximate surface area is 197 Å². The van der Waals surface area contributed by atoms with Crippen molar-refractivity contribution >= 4 is 10.9 Å². The van der Waals surface area contributed by atoms with E-state index >= 15 is 0 Å². The summed E-state index contributed by atoms with van der Waals surface area (Å²) in [5.74, 6) is 1.51. The van der Waals surface area contributed by atoms with Gasteiger partial charge in [0.05, 0.1) is 29.7 Å². The van der Waals surface area contributed by atoms with E-state index in [-0.39, 0.29) is 5.69 Å². The molecule has 0 fully saturated rings. The monoisotopic (exact) mass is 451 g/mol. The van der Waals surface area contributed by atoms with Crippen LogP contribution >= 0.6 is 0 Å². The van der Waals surface area contributed by atoms with Crippen molar-refractivity contribution in [3.63, 3.8) is 0 Å². The fourth-order valence-corrected chi connectivity index (χ4v) is 4.20. The number of hydrogen-bond donors (Lipinski definition) is 0. The van der Waals surface area contributed by atoms with Crippen LogP contribution in [0.1, 0.15) is 5.69 Å². The third-order valence-electron chi connectivity index (χ3n) is 6.00. The number of pyridine rings is 1. The van der Waals surface area contributed by atoms with Gasteiger partial charge in [-0.15, -0.1) is 0 Å². The minimum absolute atomic E-state index is 0.0801. The Morgan fingerprint density at radius 1 is 0.735 bits per heavy atom. The van der Waals surface area contributed by atoms with Gasteiger partial charge in [-0.3, -0.25) is 9.13 Å². The second-order valence-corrected chi connectivity index (χ2v) is 8.13. The third-order valence-corrected chi connectivity index (χ3v) is 6.00. The van der Waals surface area contributed by atoms with Gasteiger partial charge in [-0.2, -0.15) is 0 Å². The van der Waals surface area contributed by atoms with E-state index in [1.807, 2.05) is 78.9 Å². The summed E-state index contributed by atoms with van der Waals surface area (Å²) in [6, 6.07) is 27.6. The topological polar surface area (TPSA) is 58.3 Å². The average molecular weight is 452 g/mol. The van der Waals surface area contributed by atoms with Crippen molar-refractivity contribution in [2.24, 2.45) is 14.1 Å². The molecule has 0 bridgehead atoms. The van der Waals surface area contributed by atoms with Gasteiger partial charge in [0.15, 0.2) is 0 Å². The van der Waals surface area contributed by atoms with Gasteiger partial charge in [0.1, 0.15) is 18.1 Å². The van der Waals surface area contributed by atoms with Crippen LogP contribution in [-0.2, 0) is 20.7 Å². The first-order chi connectivity index (χ1) is 16.5. The Bertz CT molecular complexity index is 1510. The SMILES string of the molecule is COc1ccc(-c2c(-c3ccc(OCc4ccc5ccccc5n4)cc3)n(C)c(=O)n2C)cc1. The second-order valence-electron chi connectivity index (χ2n) is 8.13.